The van der Waals surface area contributed by atoms with Crippen molar-refractivity contribution in [2.45, 2.75) is 26.3 Å². The first-order valence-corrected chi connectivity index (χ1v) is 6.33. The quantitative estimate of drug-likeness (QED) is 0.736. The Labute approximate surface area is 112 Å². The molecule has 0 saturated heterocycles. The predicted molar refractivity (Wildman–Crippen MR) is 70.7 cm³/mol. The monoisotopic (exact) mass is 263 g/mol. The normalized spacial score (nSPS) is 9.95. The summed E-state index contributed by atoms with van der Waals surface area (Å²) in [7, 11) is 0. The second-order valence-electron chi connectivity index (χ2n) is 4.19. The number of benzene rings is 1. The fourth-order valence-electron chi connectivity index (χ4n) is 1.56. The van der Waals surface area contributed by atoms with E-state index in [1.807, 2.05) is 13.0 Å². The number of carbonyl (C=O) groups is 1. The number of carbonyl (C=O) groups excluding carboxylic acids is 1. The molecule has 2 N–H and O–H groups in total. The number of halogens is 1. The van der Waals surface area contributed by atoms with Crippen molar-refractivity contribution in [3.8, 4) is 6.07 Å². The summed E-state index contributed by atoms with van der Waals surface area (Å²) in [6.45, 7) is 3.45. The molecule has 0 spiro atoms. The third-order valence-corrected chi connectivity index (χ3v) is 2.59. The van der Waals surface area contributed by atoms with Crippen LogP contribution < -0.4 is 10.6 Å². The van der Waals surface area contributed by atoms with Gasteiger partial charge in [-0.2, -0.15) is 5.26 Å². The minimum atomic E-state index is -0.345. The Morgan fingerprint density at radius 3 is 2.89 bits per heavy atom. The molecule has 0 unspecified atom stereocenters. The number of nitrogens with one attached hydrogen (secondary N) is 2. The standard InChI is InChI=1S/C14H18FN3O/c1-2-6-18-14(19)5-7-17-10-12-8-11(9-16)3-4-13(12)15/h3-4,8,17H,2,5-7,10H2,1H3,(H,18,19). The van der Waals surface area contributed by atoms with Crippen LogP contribution in [0.25, 0.3) is 0 Å². The average Bonchev–Trinajstić information content (AvgIpc) is 2.43. The lowest BCUT2D eigenvalue weighted by Crippen LogP contribution is -2.28. The first-order valence-electron chi connectivity index (χ1n) is 6.33. The van der Waals surface area contributed by atoms with Crippen molar-refractivity contribution >= 4 is 5.91 Å². The molecule has 4 nitrogen and oxygen atoms in total. The van der Waals surface area contributed by atoms with Crippen molar-refractivity contribution in [3.63, 3.8) is 0 Å². The number of nitrogens with zero attached hydrogens (tertiary/aromatic N) is 1. The van der Waals surface area contributed by atoms with Crippen LogP contribution in [0.15, 0.2) is 18.2 Å². The number of rotatable bonds is 7. The van der Waals surface area contributed by atoms with Crippen molar-refractivity contribution in [1.82, 2.24) is 10.6 Å². The fraction of sp³-hybridized carbons (Fsp3) is 0.429. The Morgan fingerprint density at radius 1 is 1.42 bits per heavy atom. The Bertz CT molecular complexity index is 468. The fourth-order valence-corrected chi connectivity index (χ4v) is 1.56. The lowest BCUT2D eigenvalue weighted by Gasteiger charge is -2.07. The van der Waals surface area contributed by atoms with Gasteiger partial charge in [0.2, 0.25) is 5.91 Å². The lowest BCUT2D eigenvalue weighted by atomic mass is 10.1. The van der Waals surface area contributed by atoms with Gasteiger partial charge in [0.25, 0.3) is 0 Å². The highest BCUT2D eigenvalue weighted by Gasteiger charge is 2.04. The Balaban J connectivity index is 2.33. The van der Waals surface area contributed by atoms with E-state index in [9.17, 15) is 9.18 Å². The summed E-state index contributed by atoms with van der Waals surface area (Å²) < 4.78 is 13.4. The van der Waals surface area contributed by atoms with Gasteiger partial charge in [0, 0.05) is 31.6 Å². The highest BCUT2D eigenvalue weighted by atomic mass is 19.1. The van der Waals surface area contributed by atoms with Crippen molar-refractivity contribution in [2.75, 3.05) is 13.1 Å². The number of nitriles is 1. The van der Waals surface area contributed by atoms with Crippen LogP contribution >= 0.6 is 0 Å². The molecule has 0 fully saturated rings. The molecule has 102 valence electrons. The topological polar surface area (TPSA) is 64.9 Å². The highest BCUT2D eigenvalue weighted by molar-refractivity contribution is 5.75. The molecule has 0 radical (unpaired) electrons. The summed E-state index contributed by atoms with van der Waals surface area (Å²) >= 11 is 0. The predicted octanol–water partition coefficient (Wildman–Crippen LogP) is 1.70. The zero-order valence-corrected chi connectivity index (χ0v) is 11.0. The van der Waals surface area contributed by atoms with Crippen LogP contribution in [0.3, 0.4) is 0 Å². The van der Waals surface area contributed by atoms with E-state index in [-0.39, 0.29) is 11.7 Å². The zero-order chi connectivity index (χ0) is 14.1. The van der Waals surface area contributed by atoms with Crippen molar-refractivity contribution in [1.29, 1.82) is 5.26 Å². The number of hydrogen-bond acceptors (Lipinski definition) is 3. The maximum atomic E-state index is 13.4. The first kappa shape index (κ1) is 15.1. The molecule has 0 aliphatic heterocycles. The molecule has 19 heavy (non-hydrogen) atoms. The molecule has 0 aliphatic carbocycles. The van der Waals surface area contributed by atoms with Crippen molar-refractivity contribution in [3.05, 3.63) is 35.1 Å². The van der Waals surface area contributed by atoms with E-state index < -0.39 is 0 Å². The van der Waals surface area contributed by atoms with E-state index >= 15 is 0 Å². The van der Waals surface area contributed by atoms with Gasteiger partial charge in [0.15, 0.2) is 0 Å². The summed E-state index contributed by atoms with van der Waals surface area (Å²) in [5.41, 5.74) is 0.868. The minimum Gasteiger partial charge on any atom is -0.356 e. The summed E-state index contributed by atoms with van der Waals surface area (Å²) in [4.78, 5) is 11.3. The second kappa shape index (κ2) is 8.22. The van der Waals surface area contributed by atoms with Gasteiger partial charge in [-0.1, -0.05) is 6.92 Å². The summed E-state index contributed by atoms with van der Waals surface area (Å²) in [6.07, 6.45) is 1.27. The molecule has 1 amide bonds. The summed E-state index contributed by atoms with van der Waals surface area (Å²) in [5.74, 6) is -0.359. The van der Waals surface area contributed by atoms with Gasteiger partial charge >= 0.3 is 0 Å². The zero-order valence-electron chi connectivity index (χ0n) is 11.0. The van der Waals surface area contributed by atoms with Crippen LogP contribution in [0.4, 0.5) is 4.39 Å². The number of amides is 1. The minimum absolute atomic E-state index is 0.0133. The Hall–Kier alpha value is -1.93. The van der Waals surface area contributed by atoms with Crippen LogP contribution in [0, 0.1) is 17.1 Å². The molecule has 0 aliphatic rings. The largest absolute Gasteiger partial charge is 0.356 e. The van der Waals surface area contributed by atoms with Gasteiger partial charge in [-0.25, -0.2) is 4.39 Å². The Kier molecular flexibility index (Phi) is 6.55. The smallest absolute Gasteiger partial charge is 0.221 e. The average molecular weight is 263 g/mol. The van der Waals surface area contributed by atoms with E-state index in [1.54, 1.807) is 0 Å². The second-order valence-corrected chi connectivity index (χ2v) is 4.19. The molecule has 0 bridgehead atoms. The van der Waals surface area contributed by atoms with Gasteiger partial charge in [-0.3, -0.25) is 4.79 Å². The van der Waals surface area contributed by atoms with E-state index in [1.165, 1.54) is 18.2 Å². The highest BCUT2D eigenvalue weighted by Crippen LogP contribution is 2.09. The Morgan fingerprint density at radius 2 is 2.21 bits per heavy atom. The molecule has 1 rings (SSSR count). The summed E-state index contributed by atoms with van der Waals surface area (Å²) in [5, 5.41) is 14.5. The van der Waals surface area contributed by atoms with Crippen LogP contribution in [0.5, 0.6) is 0 Å². The molecule has 0 aromatic heterocycles. The van der Waals surface area contributed by atoms with Crippen molar-refractivity contribution < 1.29 is 9.18 Å². The first-order chi connectivity index (χ1) is 9.17. The van der Waals surface area contributed by atoms with Crippen molar-refractivity contribution in [2.24, 2.45) is 0 Å². The molecule has 1 aromatic rings. The van der Waals surface area contributed by atoms with Crippen LogP contribution in [-0.4, -0.2) is 19.0 Å². The molecule has 0 heterocycles. The van der Waals surface area contributed by atoms with Gasteiger partial charge in [-0.05, 0) is 24.6 Å². The molecule has 5 heteroatoms. The molecule has 0 atom stereocenters. The van der Waals surface area contributed by atoms with Gasteiger partial charge in [0.05, 0.1) is 11.6 Å². The van der Waals surface area contributed by atoms with Gasteiger partial charge in [0.1, 0.15) is 5.82 Å². The molecule has 1 aromatic carbocycles. The molecule has 0 saturated carbocycles. The van der Waals surface area contributed by atoms with E-state index in [0.717, 1.165) is 6.42 Å². The maximum Gasteiger partial charge on any atom is 0.221 e. The lowest BCUT2D eigenvalue weighted by molar-refractivity contribution is -0.120. The number of hydrogen-bond donors (Lipinski definition) is 2. The van der Waals surface area contributed by atoms with E-state index in [2.05, 4.69) is 10.6 Å². The van der Waals surface area contributed by atoms with Crippen LogP contribution in [0.1, 0.15) is 30.9 Å². The third-order valence-electron chi connectivity index (χ3n) is 2.59. The van der Waals surface area contributed by atoms with Gasteiger partial charge < -0.3 is 10.6 Å². The SMILES string of the molecule is CCCNC(=O)CCNCc1cc(C#N)ccc1F. The van der Waals surface area contributed by atoms with Gasteiger partial charge in [-0.15, -0.1) is 0 Å². The molecular weight excluding hydrogens is 245 g/mol. The third kappa shape index (κ3) is 5.49. The van der Waals surface area contributed by atoms with E-state index in [0.29, 0.717) is 37.2 Å². The maximum absolute atomic E-state index is 13.4. The summed E-state index contributed by atoms with van der Waals surface area (Å²) in [6, 6.07) is 6.20. The van der Waals surface area contributed by atoms with Crippen LogP contribution in [-0.2, 0) is 11.3 Å². The van der Waals surface area contributed by atoms with Crippen LogP contribution in [0.2, 0.25) is 0 Å². The van der Waals surface area contributed by atoms with E-state index in [4.69, 9.17) is 5.26 Å². The molecular formula is C14H18FN3O.